The van der Waals surface area contributed by atoms with Crippen molar-refractivity contribution in [2.45, 2.75) is 13.0 Å². The van der Waals surface area contributed by atoms with Crippen molar-refractivity contribution in [3.63, 3.8) is 0 Å². The maximum absolute atomic E-state index is 9.34. The Hall–Kier alpha value is 2.66. The van der Waals surface area contributed by atoms with Gasteiger partial charge >= 0.3 is 103 Å². The quantitative estimate of drug-likeness (QED) is 0.410. The van der Waals surface area contributed by atoms with E-state index in [0.717, 1.165) is 6.92 Å². The van der Waals surface area contributed by atoms with Crippen molar-refractivity contribution in [1.29, 1.82) is 0 Å². The fraction of sp³-hybridized carbons (Fsp3) is 0.667. The molecule has 0 radical (unpaired) electrons. The first-order valence-electron chi connectivity index (χ1n) is 1.53. The maximum Gasteiger partial charge on any atom is 1.00 e. The van der Waals surface area contributed by atoms with Crippen LogP contribution in [0.4, 0.5) is 0 Å². The van der Waals surface area contributed by atoms with Crippen molar-refractivity contribution in [1.82, 2.24) is 0 Å². The van der Waals surface area contributed by atoms with Gasteiger partial charge in [-0.05, 0) is 6.92 Å². The SMILES string of the molecule is CC(O)C(=O)[O-].[K+].[K+].[OH-]. The number of carbonyl (C=O) groups excluding carboxylic acids is 1. The van der Waals surface area contributed by atoms with Crippen molar-refractivity contribution < 1.29 is 123 Å². The second-order valence-electron chi connectivity index (χ2n) is 0.995. The van der Waals surface area contributed by atoms with Crippen molar-refractivity contribution in [3.8, 4) is 0 Å². The Morgan fingerprint density at radius 3 is 1.67 bits per heavy atom. The van der Waals surface area contributed by atoms with E-state index in [1.165, 1.54) is 0 Å². The summed E-state index contributed by atoms with van der Waals surface area (Å²) < 4.78 is 0. The van der Waals surface area contributed by atoms with E-state index in [1.807, 2.05) is 0 Å². The monoisotopic (exact) mass is 184 g/mol. The van der Waals surface area contributed by atoms with Gasteiger partial charge in [0.2, 0.25) is 0 Å². The van der Waals surface area contributed by atoms with E-state index in [9.17, 15) is 9.90 Å². The van der Waals surface area contributed by atoms with Crippen LogP contribution in [-0.2, 0) is 4.79 Å². The first-order chi connectivity index (χ1) is 2.64. The maximum atomic E-state index is 9.34. The first kappa shape index (κ1) is 22.6. The van der Waals surface area contributed by atoms with Gasteiger partial charge in [-0.25, -0.2) is 0 Å². The summed E-state index contributed by atoms with van der Waals surface area (Å²) in [5.74, 6) is -1.44. The number of carboxylic acid groups (broad SMARTS) is 1. The molecule has 0 saturated heterocycles. The van der Waals surface area contributed by atoms with E-state index in [4.69, 9.17) is 5.11 Å². The van der Waals surface area contributed by atoms with Gasteiger partial charge in [-0.15, -0.1) is 0 Å². The van der Waals surface area contributed by atoms with Crippen molar-refractivity contribution in [2.75, 3.05) is 0 Å². The predicted octanol–water partition coefficient (Wildman–Crippen LogP) is -8.05. The molecule has 0 rings (SSSR count). The summed E-state index contributed by atoms with van der Waals surface area (Å²) in [6.07, 6.45) is -1.34. The van der Waals surface area contributed by atoms with Crippen LogP contribution in [0.5, 0.6) is 0 Å². The normalized spacial score (nSPS) is 9.11. The molecule has 0 aromatic rings. The molecule has 0 aromatic heterocycles. The van der Waals surface area contributed by atoms with E-state index in [-0.39, 0.29) is 108 Å². The molecule has 44 valence electrons. The molecule has 0 spiro atoms. The first-order valence-corrected chi connectivity index (χ1v) is 1.53. The van der Waals surface area contributed by atoms with E-state index in [1.54, 1.807) is 0 Å². The molecule has 0 bridgehead atoms. The third kappa shape index (κ3) is 18.0. The van der Waals surface area contributed by atoms with Crippen LogP contribution in [0, 0.1) is 0 Å². The average molecular weight is 184 g/mol. The zero-order valence-corrected chi connectivity index (χ0v) is 12.0. The number of aliphatic carboxylic acids is 1. The van der Waals surface area contributed by atoms with Gasteiger partial charge in [0.1, 0.15) is 0 Å². The summed E-state index contributed by atoms with van der Waals surface area (Å²) in [5, 5.41) is 17.3. The summed E-state index contributed by atoms with van der Waals surface area (Å²) in [5.41, 5.74) is 0. The minimum Gasteiger partial charge on any atom is -0.870 e. The molecule has 0 aliphatic carbocycles. The molecule has 0 aromatic carbocycles. The number of hydrogen-bond donors (Lipinski definition) is 1. The van der Waals surface area contributed by atoms with Gasteiger partial charge in [0.15, 0.2) is 0 Å². The third-order valence-corrected chi connectivity index (χ3v) is 0.341. The molecule has 0 saturated carbocycles. The van der Waals surface area contributed by atoms with Crippen LogP contribution in [0.3, 0.4) is 0 Å². The Morgan fingerprint density at radius 2 is 1.67 bits per heavy atom. The standard InChI is InChI=1S/C3H6O3.2K.H2O/c1-2(4)3(5)6;;;/h2,4H,1H3,(H,5,6);;;1H2/q;2*+1;/p-2. The molecule has 0 fully saturated rings. The largest absolute Gasteiger partial charge is 1.00 e. The molecule has 0 amide bonds. The van der Waals surface area contributed by atoms with Crippen LogP contribution >= 0.6 is 0 Å². The molecular weight excluding hydrogens is 178 g/mol. The molecule has 0 aliphatic heterocycles. The minimum atomic E-state index is -1.44. The number of carbonyl (C=O) groups is 1. The Labute approximate surface area is 139 Å². The fourth-order valence-electron chi connectivity index (χ4n) is 0. The molecule has 1 atom stereocenters. The third-order valence-electron chi connectivity index (χ3n) is 0.341. The van der Waals surface area contributed by atoms with Gasteiger partial charge in [0.05, 0.1) is 12.1 Å². The summed E-state index contributed by atoms with van der Waals surface area (Å²) >= 11 is 0. The van der Waals surface area contributed by atoms with Crippen LogP contribution in [-0.4, -0.2) is 22.7 Å². The van der Waals surface area contributed by atoms with Gasteiger partial charge in [-0.3, -0.25) is 0 Å². The minimum absolute atomic E-state index is 0. The number of aliphatic hydroxyl groups excluding tert-OH is 1. The van der Waals surface area contributed by atoms with Gasteiger partial charge < -0.3 is 20.5 Å². The summed E-state index contributed by atoms with van der Waals surface area (Å²) in [6, 6.07) is 0. The van der Waals surface area contributed by atoms with E-state index in [0.29, 0.717) is 0 Å². The van der Waals surface area contributed by atoms with E-state index >= 15 is 0 Å². The zero-order valence-electron chi connectivity index (χ0n) is 5.79. The second-order valence-corrected chi connectivity index (χ2v) is 0.995. The zero-order chi connectivity index (χ0) is 5.15. The van der Waals surface area contributed by atoms with Crippen LogP contribution in [0.15, 0.2) is 0 Å². The molecule has 0 heterocycles. The van der Waals surface area contributed by atoms with Gasteiger partial charge in [-0.2, -0.15) is 0 Å². The van der Waals surface area contributed by atoms with Crippen LogP contribution in [0.25, 0.3) is 0 Å². The second kappa shape index (κ2) is 13.3. The molecule has 0 aliphatic rings. The Kier molecular flexibility index (Phi) is 33.3. The number of hydrogen-bond acceptors (Lipinski definition) is 4. The van der Waals surface area contributed by atoms with Crippen molar-refractivity contribution in [2.24, 2.45) is 0 Å². The topological polar surface area (TPSA) is 90.4 Å². The number of rotatable bonds is 1. The van der Waals surface area contributed by atoms with Crippen molar-refractivity contribution >= 4 is 5.97 Å². The van der Waals surface area contributed by atoms with Gasteiger partial charge in [0, 0.05) is 0 Å². The Bertz CT molecular complexity index is 64.8. The number of carboxylic acids is 1. The summed E-state index contributed by atoms with van der Waals surface area (Å²) in [4.78, 5) is 9.34. The molecule has 9 heavy (non-hydrogen) atoms. The van der Waals surface area contributed by atoms with Crippen LogP contribution in [0.2, 0.25) is 0 Å². The fourth-order valence-corrected chi connectivity index (χ4v) is 0. The smallest absolute Gasteiger partial charge is 0.870 e. The van der Waals surface area contributed by atoms with Gasteiger partial charge in [0.25, 0.3) is 0 Å². The molecular formula is C3H6K2O4. The Morgan fingerprint density at radius 1 is 1.56 bits per heavy atom. The average Bonchev–Trinajstić information content (AvgIpc) is 1.36. The van der Waals surface area contributed by atoms with Crippen molar-refractivity contribution in [3.05, 3.63) is 0 Å². The number of aliphatic hydroxyl groups is 1. The predicted molar refractivity (Wildman–Crippen MR) is 18.6 cm³/mol. The Balaban J connectivity index is -0.0000000417. The molecule has 2 N–H and O–H groups in total. The van der Waals surface area contributed by atoms with Gasteiger partial charge in [-0.1, -0.05) is 0 Å². The van der Waals surface area contributed by atoms with Crippen LogP contribution < -0.4 is 108 Å². The molecule has 4 nitrogen and oxygen atoms in total. The van der Waals surface area contributed by atoms with E-state index in [2.05, 4.69) is 0 Å². The van der Waals surface area contributed by atoms with Crippen LogP contribution in [0.1, 0.15) is 6.92 Å². The summed E-state index contributed by atoms with van der Waals surface area (Å²) in [7, 11) is 0. The molecule has 1 unspecified atom stereocenters. The molecule has 6 heteroatoms. The summed E-state index contributed by atoms with van der Waals surface area (Å²) in [6.45, 7) is 1.13. The van der Waals surface area contributed by atoms with E-state index < -0.39 is 12.1 Å².